The maximum Gasteiger partial charge on any atom is 0.161 e. The zero-order valence-electron chi connectivity index (χ0n) is 10.9. The van der Waals surface area contributed by atoms with Crippen LogP contribution in [-0.4, -0.2) is 26.3 Å². The topological polar surface area (TPSA) is 30.5 Å². The minimum atomic E-state index is 0.103. The van der Waals surface area contributed by atoms with Gasteiger partial charge in [0.25, 0.3) is 0 Å². The van der Waals surface area contributed by atoms with Gasteiger partial charge in [0.15, 0.2) is 11.5 Å². The Balaban J connectivity index is 2.20. The highest BCUT2D eigenvalue weighted by Crippen LogP contribution is 2.34. The normalized spacial score (nSPS) is 14.8. The fourth-order valence-electron chi connectivity index (χ4n) is 2.00. The van der Waals surface area contributed by atoms with E-state index in [0.29, 0.717) is 13.2 Å². The van der Waals surface area contributed by atoms with Gasteiger partial charge in [-0.25, -0.2) is 0 Å². The molecular formula is C14H21NO2. The van der Waals surface area contributed by atoms with Gasteiger partial charge < -0.3 is 14.8 Å². The van der Waals surface area contributed by atoms with E-state index in [1.165, 1.54) is 5.56 Å². The molecule has 3 nitrogen and oxygen atoms in total. The summed E-state index contributed by atoms with van der Waals surface area (Å²) >= 11 is 0. The summed E-state index contributed by atoms with van der Waals surface area (Å²) < 4.78 is 11.1. The van der Waals surface area contributed by atoms with Crippen molar-refractivity contribution in [3.8, 4) is 11.5 Å². The van der Waals surface area contributed by atoms with Crippen molar-refractivity contribution < 1.29 is 9.47 Å². The molecule has 0 unspecified atom stereocenters. The van der Waals surface area contributed by atoms with Crippen LogP contribution in [0, 0.1) is 0 Å². The largest absolute Gasteiger partial charge is 0.486 e. The lowest BCUT2D eigenvalue weighted by Gasteiger charge is -2.27. The van der Waals surface area contributed by atoms with Gasteiger partial charge in [0.1, 0.15) is 13.2 Å². The number of hydrogen-bond acceptors (Lipinski definition) is 3. The molecule has 0 radical (unpaired) electrons. The van der Waals surface area contributed by atoms with E-state index >= 15 is 0 Å². The third-order valence-corrected chi connectivity index (χ3v) is 3.14. The molecule has 17 heavy (non-hydrogen) atoms. The van der Waals surface area contributed by atoms with E-state index in [-0.39, 0.29) is 5.41 Å². The summed E-state index contributed by atoms with van der Waals surface area (Å²) in [6.45, 7) is 9.84. The average molecular weight is 235 g/mol. The first-order chi connectivity index (χ1) is 8.13. The van der Waals surface area contributed by atoms with Gasteiger partial charge in [0.2, 0.25) is 0 Å². The van der Waals surface area contributed by atoms with Gasteiger partial charge in [-0.05, 0) is 24.2 Å². The second-order valence-electron chi connectivity index (χ2n) is 5.02. The van der Waals surface area contributed by atoms with E-state index in [4.69, 9.17) is 9.47 Å². The lowest BCUT2D eigenvalue weighted by Crippen LogP contribution is -2.32. The van der Waals surface area contributed by atoms with Crippen molar-refractivity contribution in [2.75, 3.05) is 26.3 Å². The van der Waals surface area contributed by atoms with Crippen molar-refractivity contribution in [2.45, 2.75) is 26.2 Å². The molecule has 0 aliphatic carbocycles. The van der Waals surface area contributed by atoms with Crippen molar-refractivity contribution >= 4 is 0 Å². The van der Waals surface area contributed by atoms with Crippen LogP contribution in [0.1, 0.15) is 26.3 Å². The van der Waals surface area contributed by atoms with Crippen LogP contribution in [-0.2, 0) is 5.41 Å². The number of rotatable bonds is 4. The maximum absolute atomic E-state index is 5.62. The minimum Gasteiger partial charge on any atom is -0.486 e. The van der Waals surface area contributed by atoms with Gasteiger partial charge >= 0.3 is 0 Å². The third kappa shape index (κ3) is 2.72. The molecule has 0 amide bonds. The summed E-state index contributed by atoms with van der Waals surface area (Å²) in [5, 5.41) is 3.40. The smallest absolute Gasteiger partial charge is 0.161 e. The zero-order valence-corrected chi connectivity index (χ0v) is 10.9. The van der Waals surface area contributed by atoms with Crippen molar-refractivity contribution in [1.82, 2.24) is 5.32 Å². The maximum atomic E-state index is 5.62. The molecule has 0 fully saturated rings. The van der Waals surface area contributed by atoms with Crippen molar-refractivity contribution in [2.24, 2.45) is 0 Å². The Bertz CT molecular complexity index is 388. The molecule has 94 valence electrons. The molecule has 0 saturated heterocycles. The van der Waals surface area contributed by atoms with Crippen molar-refractivity contribution in [3.05, 3.63) is 23.8 Å². The highest BCUT2D eigenvalue weighted by molar-refractivity contribution is 5.45. The zero-order chi connectivity index (χ0) is 12.3. The van der Waals surface area contributed by atoms with Crippen LogP contribution >= 0.6 is 0 Å². The number of nitrogens with one attached hydrogen (secondary N) is 1. The Morgan fingerprint density at radius 3 is 2.59 bits per heavy atom. The van der Waals surface area contributed by atoms with Gasteiger partial charge in [0, 0.05) is 12.0 Å². The highest BCUT2D eigenvalue weighted by Gasteiger charge is 2.22. The number of ether oxygens (including phenoxy) is 2. The Hall–Kier alpha value is -1.22. The van der Waals surface area contributed by atoms with Crippen LogP contribution in [0.5, 0.6) is 11.5 Å². The second kappa shape index (κ2) is 4.96. The van der Waals surface area contributed by atoms with Crippen LogP contribution in [0.3, 0.4) is 0 Å². The van der Waals surface area contributed by atoms with E-state index < -0.39 is 0 Å². The standard InChI is InChI=1S/C14H21NO2/c1-4-15-10-14(2,3)11-5-6-12-13(9-11)17-8-7-16-12/h5-6,9,15H,4,7-8,10H2,1-3H3. The number of likely N-dealkylation sites (N-methyl/N-ethyl adjacent to an activating group) is 1. The summed E-state index contributed by atoms with van der Waals surface area (Å²) in [5.41, 5.74) is 1.38. The summed E-state index contributed by atoms with van der Waals surface area (Å²) in [7, 11) is 0. The molecule has 0 aromatic heterocycles. The van der Waals surface area contributed by atoms with Gasteiger partial charge in [-0.1, -0.05) is 26.8 Å². The monoisotopic (exact) mass is 235 g/mol. The van der Waals surface area contributed by atoms with Crippen molar-refractivity contribution in [1.29, 1.82) is 0 Å². The van der Waals surface area contributed by atoms with E-state index in [1.807, 2.05) is 6.07 Å². The molecule has 1 N–H and O–H groups in total. The molecule has 3 heteroatoms. The molecule has 0 spiro atoms. The summed E-state index contributed by atoms with van der Waals surface area (Å²) in [4.78, 5) is 0. The SMILES string of the molecule is CCNCC(C)(C)c1ccc2c(c1)OCCO2. The van der Waals surface area contributed by atoms with E-state index in [1.54, 1.807) is 0 Å². The highest BCUT2D eigenvalue weighted by atomic mass is 16.6. The first-order valence-electron chi connectivity index (χ1n) is 6.24. The predicted molar refractivity (Wildman–Crippen MR) is 69.0 cm³/mol. The van der Waals surface area contributed by atoms with Gasteiger partial charge in [-0.15, -0.1) is 0 Å². The third-order valence-electron chi connectivity index (χ3n) is 3.14. The Morgan fingerprint density at radius 2 is 1.88 bits per heavy atom. The summed E-state index contributed by atoms with van der Waals surface area (Å²) in [5.74, 6) is 1.73. The first kappa shape index (κ1) is 12.2. The molecule has 0 saturated carbocycles. The molecule has 0 atom stereocenters. The van der Waals surface area contributed by atoms with Crippen LogP contribution < -0.4 is 14.8 Å². The molecular weight excluding hydrogens is 214 g/mol. The Kier molecular flexibility index (Phi) is 3.57. The summed E-state index contributed by atoms with van der Waals surface area (Å²) in [6.07, 6.45) is 0. The van der Waals surface area contributed by atoms with Crippen LogP contribution in [0.4, 0.5) is 0 Å². The Labute approximate surface area is 103 Å². The van der Waals surface area contributed by atoms with Gasteiger partial charge in [-0.3, -0.25) is 0 Å². The van der Waals surface area contributed by atoms with Crippen LogP contribution in [0.15, 0.2) is 18.2 Å². The van der Waals surface area contributed by atoms with E-state index in [0.717, 1.165) is 24.6 Å². The number of hydrogen-bond donors (Lipinski definition) is 1. The lowest BCUT2D eigenvalue weighted by molar-refractivity contribution is 0.171. The molecule has 1 aromatic rings. The first-order valence-corrected chi connectivity index (χ1v) is 6.24. The van der Waals surface area contributed by atoms with E-state index in [9.17, 15) is 0 Å². The second-order valence-corrected chi connectivity index (χ2v) is 5.02. The van der Waals surface area contributed by atoms with Crippen LogP contribution in [0.25, 0.3) is 0 Å². The quantitative estimate of drug-likeness (QED) is 0.869. The van der Waals surface area contributed by atoms with Gasteiger partial charge in [-0.2, -0.15) is 0 Å². The predicted octanol–water partition coefficient (Wildman–Crippen LogP) is 2.34. The molecule has 1 heterocycles. The lowest BCUT2D eigenvalue weighted by atomic mass is 9.84. The Morgan fingerprint density at radius 1 is 1.18 bits per heavy atom. The molecule has 0 bridgehead atoms. The summed E-state index contributed by atoms with van der Waals surface area (Å²) in [6, 6.07) is 6.24. The van der Waals surface area contributed by atoms with Crippen LogP contribution in [0.2, 0.25) is 0 Å². The fourth-order valence-corrected chi connectivity index (χ4v) is 2.00. The fraction of sp³-hybridized carbons (Fsp3) is 0.571. The molecule has 2 rings (SSSR count). The molecule has 1 aliphatic rings. The minimum absolute atomic E-state index is 0.103. The molecule has 1 aromatic carbocycles. The van der Waals surface area contributed by atoms with Gasteiger partial charge in [0.05, 0.1) is 0 Å². The van der Waals surface area contributed by atoms with Crippen molar-refractivity contribution in [3.63, 3.8) is 0 Å². The van der Waals surface area contributed by atoms with E-state index in [2.05, 4.69) is 38.2 Å². The number of benzene rings is 1. The average Bonchev–Trinajstić information content (AvgIpc) is 2.36. The molecule has 1 aliphatic heterocycles. The number of fused-ring (bicyclic) bond motifs is 1.